The van der Waals surface area contributed by atoms with Gasteiger partial charge in [-0.15, -0.1) is 0 Å². The lowest BCUT2D eigenvalue weighted by atomic mass is 10.1. The van der Waals surface area contributed by atoms with Gasteiger partial charge in [0.2, 0.25) is 0 Å². The van der Waals surface area contributed by atoms with Crippen LogP contribution in [0.5, 0.6) is 0 Å². The van der Waals surface area contributed by atoms with Gasteiger partial charge in [0.1, 0.15) is 5.69 Å². The number of nitrogens with one attached hydrogen (secondary N) is 2. The third kappa shape index (κ3) is 2.58. The zero-order chi connectivity index (χ0) is 16.4. The highest BCUT2D eigenvalue weighted by Crippen LogP contribution is 2.26. The van der Waals surface area contributed by atoms with E-state index in [9.17, 15) is 20.1 Å². The van der Waals surface area contributed by atoms with Crippen molar-refractivity contribution in [3.8, 4) is 16.9 Å². The van der Waals surface area contributed by atoms with E-state index in [0.29, 0.717) is 11.3 Å². The Hall–Kier alpha value is -3.39. The van der Waals surface area contributed by atoms with Gasteiger partial charge in [-0.25, -0.2) is 4.68 Å². The highest BCUT2D eigenvalue weighted by Gasteiger charge is 2.15. The largest absolute Gasteiger partial charge is 0.761 e. The fourth-order valence-electron chi connectivity index (χ4n) is 2.25. The molecule has 116 valence electrons. The van der Waals surface area contributed by atoms with E-state index < -0.39 is 10.5 Å². The molecule has 0 saturated heterocycles. The summed E-state index contributed by atoms with van der Waals surface area (Å²) in [6.07, 6.45) is 0. The summed E-state index contributed by atoms with van der Waals surface area (Å²) in [7, 11) is 0. The van der Waals surface area contributed by atoms with Crippen molar-refractivity contribution in [3.05, 3.63) is 80.3 Å². The van der Waals surface area contributed by atoms with Gasteiger partial charge in [-0.3, -0.25) is 20.0 Å². The number of anilines is 1. The van der Waals surface area contributed by atoms with Crippen molar-refractivity contribution >= 4 is 11.4 Å². The summed E-state index contributed by atoms with van der Waals surface area (Å²) in [5, 5.41) is 24.7. The second-order valence-corrected chi connectivity index (χ2v) is 4.74. The SMILES string of the molecule is O=c1c(N[O-])c(-c2ccc([N+](=O)[O-])cc2)[nH]n1-c1ccccc1. The maximum Gasteiger partial charge on any atom is 0.294 e. The number of benzene rings is 2. The Balaban J connectivity index is 2.13. The van der Waals surface area contributed by atoms with Crippen LogP contribution in [0, 0.1) is 15.3 Å². The predicted molar refractivity (Wildman–Crippen MR) is 85.5 cm³/mol. The number of para-hydroxylation sites is 1. The van der Waals surface area contributed by atoms with Gasteiger partial charge in [-0.2, -0.15) is 0 Å². The third-order valence-corrected chi connectivity index (χ3v) is 3.37. The molecule has 0 fully saturated rings. The molecule has 0 bridgehead atoms. The standard InChI is InChI=1S/C15H11N4O4/c20-15-14(17-21)13(10-6-8-12(9-7-10)19(22)23)16-18(15)11-4-2-1-3-5-11/h1-9,16-17H/q-1. The van der Waals surface area contributed by atoms with Crippen LogP contribution in [0.4, 0.5) is 11.4 Å². The van der Waals surface area contributed by atoms with Crippen molar-refractivity contribution in [2.24, 2.45) is 0 Å². The van der Waals surface area contributed by atoms with Gasteiger partial charge < -0.3 is 10.7 Å². The molecule has 1 aromatic heterocycles. The number of non-ortho nitro benzene ring substituents is 1. The van der Waals surface area contributed by atoms with E-state index in [1.807, 2.05) is 6.07 Å². The van der Waals surface area contributed by atoms with Gasteiger partial charge in [0, 0.05) is 17.7 Å². The monoisotopic (exact) mass is 311 g/mol. The molecular formula is C15H11N4O4-. The number of rotatable bonds is 4. The molecular weight excluding hydrogens is 300 g/mol. The Labute approximate surface area is 129 Å². The van der Waals surface area contributed by atoms with Gasteiger partial charge >= 0.3 is 0 Å². The Bertz CT molecular complexity index is 897. The van der Waals surface area contributed by atoms with Crippen molar-refractivity contribution in [1.82, 2.24) is 9.78 Å². The summed E-state index contributed by atoms with van der Waals surface area (Å²) in [5.74, 6) is 0. The molecule has 3 rings (SSSR count). The van der Waals surface area contributed by atoms with Crippen LogP contribution in [0.15, 0.2) is 59.4 Å². The van der Waals surface area contributed by atoms with E-state index in [1.54, 1.807) is 29.7 Å². The van der Waals surface area contributed by atoms with Gasteiger partial charge in [-0.05, 0) is 24.3 Å². The van der Waals surface area contributed by atoms with E-state index in [1.165, 1.54) is 28.9 Å². The fraction of sp³-hybridized carbons (Fsp3) is 0. The quantitative estimate of drug-likeness (QED) is 0.567. The lowest BCUT2D eigenvalue weighted by Gasteiger charge is -2.07. The van der Waals surface area contributed by atoms with Crippen LogP contribution in [0.3, 0.4) is 0 Å². The summed E-state index contributed by atoms with van der Waals surface area (Å²) in [5.41, 5.74) is 2.21. The third-order valence-electron chi connectivity index (χ3n) is 3.37. The zero-order valence-electron chi connectivity index (χ0n) is 11.7. The van der Waals surface area contributed by atoms with Crippen molar-refractivity contribution in [1.29, 1.82) is 0 Å². The minimum absolute atomic E-state index is 0.0739. The second-order valence-electron chi connectivity index (χ2n) is 4.74. The normalized spacial score (nSPS) is 10.5. The molecule has 8 heteroatoms. The van der Waals surface area contributed by atoms with Crippen molar-refractivity contribution in [2.75, 3.05) is 5.48 Å². The van der Waals surface area contributed by atoms with Crippen molar-refractivity contribution < 1.29 is 4.92 Å². The van der Waals surface area contributed by atoms with E-state index in [-0.39, 0.29) is 17.1 Å². The molecule has 0 unspecified atom stereocenters. The van der Waals surface area contributed by atoms with Crippen molar-refractivity contribution in [2.45, 2.75) is 0 Å². The molecule has 3 aromatic rings. The Morgan fingerprint density at radius 3 is 2.26 bits per heavy atom. The molecule has 0 aliphatic carbocycles. The molecule has 0 aliphatic rings. The van der Waals surface area contributed by atoms with Crippen LogP contribution in [0.2, 0.25) is 0 Å². The molecule has 1 heterocycles. The Kier molecular flexibility index (Phi) is 3.65. The first kappa shape index (κ1) is 14.5. The molecule has 0 spiro atoms. The van der Waals surface area contributed by atoms with E-state index >= 15 is 0 Å². The number of aromatic amines is 1. The topological polar surface area (TPSA) is 116 Å². The summed E-state index contributed by atoms with van der Waals surface area (Å²) in [4.78, 5) is 22.5. The lowest BCUT2D eigenvalue weighted by Crippen LogP contribution is -2.16. The van der Waals surface area contributed by atoms with Gasteiger partial charge in [0.05, 0.1) is 16.3 Å². The maximum absolute atomic E-state index is 12.3. The van der Waals surface area contributed by atoms with E-state index in [0.717, 1.165) is 0 Å². The molecule has 2 N–H and O–H groups in total. The van der Waals surface area contributed by atoms with Crippen LogP contribution < -0.4 is 11.0 Å². The number of aromatic nitrogens is 2. The van der Waals surface area contributed by atoms with E-state index in [2.05, 4.69) is 5.10 Å². The molecule has 8 nitrogen and oxygen atoms in total. The number of nitro groups is 1. The van der Waals surface area contributed by atoms with Crippen LogP contribution in [-0.4, -0.2) is 14.7 Å². The maximum atomic E-state index is 12.3. The van der Waals surface area contributed by atoms with Crippen LogP contribution >= 0.6 is 0 Å². The van der Waals surface area contributed by atoms with Crippen LogP contribution in [0.1, 0.15) is 0 Å². The number of H-pyrrole nitrogens is 1. The molecule has 0 aliphatic heterocycles. The average Bonchev–Trinajstić information content (AvgIpc) is 2.92. The first-order valence-electron chi connectivity index (χ1n) is 6.65. The summed E-state index contributed by atoms with van der Waals surface area (Å²) in [6.45, 7) is 0. The number of hydrogen-bond donors (Lipinski definition) is 2. The fourth-order valence-corrected chi connectivity index (χ4v) is 2.25. The second kappa shape index (κ2) is 5.78. The summed E-state index contributed by atoms with van der Waals surface area (Å²) >= 11 is 0. The molecule has 0 amide bonds. The predicted octanol–water partition coefficient (Wildman–Crippen LogP) is 2.65. The molecule has 23 heavy (non-hydrogen) atoms. The lowest BCUT2D eigenvalue weighted by molar-refractivity contribution is -0.384. The number of nitro benzene ring substituents is 1. The molecule has 0 radical (unpaired) electrons. The number of nitrogens with zero attached hydrogens (tertiary/aromatic N) is 2. The zero-order valence-corrected chi connectivity index (χ0v) is 11.7. The molecule has 0 saturated carbocycles. The Morgan fingerprint density at radius 2 is 1.70 bits per heavy atom. The van der Waals surface area contributed by atoms with Gasteiger partial charge in [-0.1, -0.05) is 18.2 Å². The van der Waals surface area contributed by atoms with E-state index in [4.69, 9.17) is 0 Å². The first-order chi connectivity index (χ1) is 11.1. The first-order valence-corrected chi connectivity index (χ1v) is 6.65. The minimum Gasteiger partial charge on any atom is -0.761 e. The highest BCUT2D eigenvalue weighted by molar-refractivity contribution is 5.75. The summed E-state index contributed by atoms with van der Waals surface area (Å²) in [6, 6.07) is 14.3. The van der Waals surface area contributed by atoms with Gasteiger partial charge in [0.15, 0.2) is 0 Å². The average molecular weight is 311 g/mol. The van der Waals surface area contributed by atoms with Gasteiger partial charge in [0.25, 0.3) is 11.2 Å². The Morgan fingerprint density at radius 1 is 1.04 bits per heavy atom. The highest BCUT2D eigenvalue weighted by atomic mass is 16.6. The smallest absolute Gasteiger partial charge is 0.294 e. The molecule has 2 aromatic carbocycles. The number of hydrogen-bond acceptors (Lipinski definition) is 5. The minimum atomic E-state index is -0.528. The van der Waals surface area contributed by atoms with Crippen LogP contribution in [-0.2, 0) is 0 Å². The molecule has 0 atom stereocenters. The van der Waals surface area contributed by atoms with Crippen molar-refractivity contribution in [3.63, 3.8) is 0 Å². The van der Waals surface area contributed by atoms with Crippen LogP contribution in [0.25, 0.3) is 16.9 Å². The summed E-state index contributed by atoms with van der Waals surface area (Å²) < 4.78 is 1.23.